The molecule has 1 amide bonds. The molecule has 0 heterocycles. The summed E-state index contributed by atoms with van der Waals surface area (Å²) >= 11 is 0. The minimum absolute atomic E-state index is 0.0371. The Kier molecular flexibility index (Phi) is 6.70. The molecule has 0 spiro atoms. The fourth-order valence-electron chi connectivity index (χ4n) is 1.51. The minimum atomic E-state index is -0.0887. The lowest BCUT2D eigenvalue weighted by atomic mass is 10.1. The van der Waals surface area contributed by atoms with Crippen LogP contribution in [-0.2, 0) is 0 Å². The topological polar surface area (TPSA) is 49.3 Å². The van der Waals surface area contributed by atoms with Crippen LogP contribution in [0.1, 0.15) is 42.6 Å². The van der Waals surface area contributed by atoms with E-state index in [1.165, 1.54) is 0 Å². The molecule has 1 aromatic rings. The SMILES string of the molecule is CCC(C)CNC(=O)c1ccccc1C#CCCO. The van der Waals surface area contributed by atoms with Crippen LogP contribution < -0.4 is 5.32 Å². The highest BCUT2D eigenvalue weighted by atomic mass is 16.2. The molecule has 0 aliphatic carbocycles. The van der Waals surface area contributed by atoms with Gasteiger partial charge in [-0.15, -0.1) is 0 Å². The van der Waals surface area contributed by atoms with Gasteiger partial charge in [-0.05, 0) is 18.1 Å². The van der Waals surface area contributed by atoms with Crippen molar-refractivity contribution in [3.05, 3.63) is 35.4 Å². The Hall–Kier alpha value is -1.79. The number of benzene rings is 1. The Morgan fingerprint density at radius 2 is 2.16 bits per heavy atom. The third-order valence-corrected chi connectivity index (χ3v) is 2.94. The zero-order chi connectivity index (χ0) is 14.1. The molecular weight excluding hydrogens is 238 g/mol. The van der Waals surface area contributed by atoms with E-state index in [1.54, 1.807) is 6.07 Å². The molecule has 102 valence electrons. The van der Waals surface area contributed by atoms with E-state index in [0.717, 1.165) is 6.42 Å². The summed E-state index contributed by atoms with van der Waals surface area (Å²) in [7, 11) is 0. The Balaban J connectivity index is 2.77. The number of rotatable bonds is 5. The summed E-state index contributed by atoms with van der Waals surface area (Å²) in [4.78, 5) is 12.1. The van der Waals surface area contributed by atoms with Gasteiger partial charge in [-0.25, -0.2) is 0 Å². The second kappa shape index (κ2) is 8.34. The molecule has 2 N–H and O–H groups in total. The van der Waals surface area contributed by atoms with Gasteiger partial charge in [0, 0.05) is 18.5 Å². The number of amides is 1. The Morgan fingerprint density at radius 1 is 1.42 bits per heavy atom. The normalized spacial score (nSPS) is 11.3. The van der Waals surface area contributed by atoms with E-state index >= 15 is 0 Å². The molecule has 0 aliphatic heterocycles. The predicted molar refractivity (Wildman–Crippen MR) is 76.8 cm³/mol. The van der Waals surface area contributed by atoms with Crippen molar-refractivity contribution >= 4 is 5.91 Å². The van der Waals surface area contributed by atoms with Gasteiger partial charge in [-0.3, -0.25) is 4.79 Å². The van der Waals surface area contributed by atoms with E-state index in [4.69, 9.17) is 5.11 Å². The largest absolute Gasteiger partial charge is 0.395 e. The van der Waals surface area contributed by atoms with Crippen molar-refractivity contribution in [3.8, 4) is 11.8 Å². The number of hydrogen-bond acceptors (Lipinski definition) is 2. The van der Waals surface area contributed by atoms with Crippen LogP contribution in [0, 0.1) is 17.8 Å². The van der Waals surface area contributed by atoms with Crippen LogP contribution in [-0.4, -0.2) is 24.2 Å². The van der Waals surface area contributed by atoms with Gasteiger partial charge in [-0.2, -0.15) is 0 Å². The molecule has 1 atom stereocenters. The second-order valence-electron chi connectivity index (χ2n) is 4.54. The maximum absolute atomic E-state index is 12.1. The van der Waals surface area contributed by atoms with E-state index in [-0.39, 0.29) is 12.5 Å². The predicted octanol–water partition coefficient (Wildman–Crippen LogP) is 2.20. The maximum atomic E-state index is 12.1. The van der Waals surface area contributed by atoms with Crippen molar-refractivity contribution in [2.75, 3.05) is 13.2 Å². The van der Waals surface area contributed by atoms with Crippen molar-refractivity contribution in [2.45, 2.75) is 26.7 Å². The van der Waals surface area contributed by atoms with Crippen LogP contribution in [0.5, 0.6) is 0 Å². The van der Waals surface area contributed by atoms with Gasteiger partial charge in [0.25, 0.3) is 5.91 Å². The van der Waals surface area contributed by atoms with Crippen LogP contribution >= 0.6 is 0 Å². The number of carbonyl (C=O) groups excluding carboxylic acids is 1. The molecule has 1 aromatic carbocycles. The Labute approximate surface area is 115 Å². The number of aliphatic hydroxyl groups excluding tert-OH is 1. The first-order chi connectivity index (χ1) is 9.19. The van der Waals surface area contributed by atoms with E-state index in [1.807, 2.05) is 18.2 Å². The molecule has 0 saturated heterocycles. The van der Waals surface area contributed by atoms with Gasteiger partial charge < -0.3 is 10.4 Å². The molecule has 0 saturated carbocycles. The highest BCUT2D eigenvalue weighted by molar-refractivity contribution is 5.96. The fourth-order valence-corrected chi connectivity index (χ4v) is 1.51. The summed E-state index contributed by atoms with van der Waals surface area (Å²) in [5, 5.41) is 11.6. The van der Waals surface area contributed by atoms with Gasteiger partial charge in [0.2, 0.25) is 0 Å². The molecule has 0 fully saturated rings. The van der Waals surface area contributed by atoms with E-state index in [2.05, 4.69) is 31.0 Å². The van der Waals surface area contributed by atoms with E-state index in [9.17, 15) is 4.79 Å². The summed E-state index contributed by atoms with van der Waals surface area (Å²) < 4.78 is 0. The first-order valence-electron chi connectivity index (χ1n) is 6.66. The Morgan fingerprint density at radius 3 is 2.84 bits per heavy atom. The van der Waals surface area contributed by atoms with Crippen molar-refractivity contribution < 1.29 is 9.90 Å². The van der Waals surface area contributed by atoms with Crippen LogP contribution in [0.25, 0.3) is 0 Å². The lowest BCUT2D eigenvalue weighted by molar-refractivity contribution is 0.0947. The minimum Gasteiger partial charge on any atom is -0.395 e. The first-order valence-corrected chi connectivity index (χ1v) is 6.66. The molecule has 3 nitrogen and oxygen atoms in total. The van der Waals surface area contributed by atoms with Gasteiger partial charge in [0.15, 0.2) is 0 Å². The van der Waals surface area contributed by atoms with Gasteiger partial charge in [0.05, 0.1) is 12.2 Å². The third kappa shape index (κ3) is 5.15. The summed E-state index contributed by atoms with van der Waals surface area (Å²) in [6, 6.07) is 7.28. The van der Waals surface area contributed by atoms with Crippen LogP contribution in [0.3, 0.4) is 0 Å². The van der Waals surface area contributed by atoms with Crippen molar-refractivity contribution in [1.29, 1.82) is 0 Å². The monoisotopic (exact) mass is 259 g/mol. The quantitative estimate of drug-likeness (QED) is 0.796. The van der Waals surface area contributed by atoms with Crippen molar-refractivity contribution in [1.82, 2.24) is 5.32 Å². The standard InChI is InChI=1S/C16H21NO2/c1-3-13(2)12-17-16(19)15-10-5-4-8-14(15)9-6-7-11-18/h4-5,8,10,13,18H,3,7,11-12H2,1-2H3,(H,17,19). The number of carbonyl (C=O) groups is 1. The first kappa shape index (κ1) is 15.3. The molecule has 3 heteroatoms. The summed E-state index contributed by atoms with van der Waals surface area (Å²) in [5.74, 6) is 6.15. The lowest BCUT2D eigenvalue weighted by Crippen LogP contribution is -2.28. The second-order valence-corrected chi connectivity index (χ2v) is 4.54. The maximum Gasteiger partial charge on any atom is 0.252 e. The summed E-state index contributed by atoms with van der Waals surface area (Å²) in [6.45, 7) is 4.92. The van der Waals surface area contributed by atoms with Gasteiger partial charge >= 0.3 is 0 Å². The Bertz CT molecular complexity index is 471. The molecular formula is C16H21NO2. The van der Waals surface area contributed by atoms with Crippen LogP contribution in [0.4, 0.5) is 0 Å². The average molecular weight is 259 g/mol. The molecule has 1 rings (SSSR count). The number of aliphatic hydroxyl groups is 1. The van der Waals surface area contributed by atoms with Crippen molar-refractivity contribution in [3.63, 3.8) is 0 Å². The average Bonchev–Trinajstić information content (AvgIpc) is 2.45. The van der Waals surface area contributed by atoms with E-state index < -0.39 is 0 Å². The number of hydrogen-bond donors (Lipinski definition) is 2. The zero-order valence-electron chi connectivity index (χ0n) is 11.6. The number of nitrogens with one attached hydrogen (secondary N) is 1. The third-order valence-electron chi connectivity index (χ3n) is 2.94. The van der Waals surface area contributed by atoms with Gasteiger partial charge in [-0.1, -0.05) is 44.2 Å². The molecule has 1 unspecified atom stereocenters. The fraction of sp³-hybridized carbons (Fsp3) is 0.438. The molecule has 0 bridgehead atoms. The molecule has 19 heavy (non-hydrogen) atoms. The van der Waals surface area contributed by atoms with Crippen LogP contribution in [0.2, 0.25) is 0 Å². The molecule has 0 radical (unpaired) electrons. The van der Waals surface area contributed by atoms with Gasteiger partial charge in [0.1, 0.15) is 0 Å². The lowest BCUT2D eigenvalue weighted by Gasteiger charge is -2.11. The summed E-state index contributed by atoms with van der Waals surface area (Å²) in [6.07, 6.45) is 1.46. The smallest absolute Gasteiger partial charge is 0.252 e. The van der Waals surface area contributed by atoms with Crippen molar-refractivity contribution in [2.24, 2.45) is 5.92 Å². The van der Waals surface area contributed by atoms with Crippen LogP contribution in [0.15, 0.2) is 24.3 Å². The summed E-state index contributed by atoms with van der Waals surface area (Å²) in [5.41, 5.74) is 1.30. The highest BCUT2D eigenvalue weighted by Crippen LogP contribution is 2.08. The highest BCUT2D eigenvalue weighted by Gasteiger charge is 2.10. The zero-order valence-corrected chi connectivity index (χ0v) is 11.6. The van der Waals surface area contributed by atoms with E-state index in [0.29, 0.717) is 30.0 Å². The molecule has 0 aromatic heterocycles. The molecule has 0 aliphatic rings.